The van der Waals surface area contributed by atoms with Gasteiger partial charge in [-0.05, 0) is 53.6 Å². The van der Waals surface area contributed by atoms with Crippen LogP contribution in [0.2, 0.25) is 0 Å². The number of hydrogen-bond donors (Lipinski definition) is 1. The molecule has 0 saturated heterocycles. The first-order chi connectivity index (χ1) is 13.0. The Bertz CT molecular complexity index is 1200. The highest BCUT2D eigenvalue weighted by molar-refractivity contribution is 7.98. The first kappa shape index (κ1) is 17.3. The SMILES string of the molecule is Cc1ccc(-n2nnnc2SCc2cc(=O)oc3cc(O)ccc23)c(C)c1. The molecule has 2 heterocycles. The molecule has 2 aromatic heterocycles. The number of hydrogen-bond acceptors (Lipinski definition) is 7. The molecule has 0 fully saturated rings. The lowest BCUT2D eigenvalue weighted by atomic mass is 10.1. The van der Waals surface area contributed by atoms with Crippen molar-refractivity contribution in [2.45, 2.75) is 24.8 Å². The molecular weight excluding hydrogens is 364 g/mol. The summed E-state index contributed by atoms with van der Waals surface area (Å²) in [7, 11) is 0. The molecule has 0 amide bonds. The van der Waals surface area contributed by atoms with E-state index >= 15 is 0 Å². The van der Waals surface area contributed by atoms with E-state index in [9.17, 15) is 9.90 Å². The minimum Gasteiger partial charge on any atom is -0.508 e. The van der Waals surface area contributed by atoms with Gasteiger partial charge in [0.15, 0.2) is 0 Å². The van der Waals surface area contributed by atoms with E-state index in [2.05, 4.69) is 21.6 Å². The zero-order chi connectivity index (χ0) is 19.0. The molecule has 136 valence electrons. The second-order valence-electron chi connectivity index (χ2n) is 6.22. The molecule has 0 bridgehead atoms. The number of phenols is 1. The van der Waals surface area contributed by atoms with Gasteiger partial charge in [-0.25, -0.2) is 4.79 Å². The standard InChI is InChI=1S/C19H16N4O3S/c1-11-3-6-16(12(2)7-11)23-19(20-21-22-23)27-10-13-8-18(25)26-17-9-14(24)4-5-15(13)17/h3-9,24H,10H2,1-2H3. The molecule has 0 unspecified atom stereocenters. The summed E-state index contributed by atoms with van der Waals surface area (Å²) in [5.74, 6) is 0.535. The second-order valence-corrected chi connectivity index (χ2v) is 7.17. The third-order valence-corrected chi connectivity index (χ3v) is 5.16. The minimum atomic E-state index is -0.460. The highest BCUT2D eigenvalue weighted by atomic mass is 32.2. The molecule has 4 rings (SSSR count). The number of tetrazole rings is 1. The largest absolute Gasteiger partial charge is 0.508 e. The Morgan fingerprint density at radius 1 is 1.15 bits per heavy atom. The number of aromatic nitrogens is 4. The van der Waals surface area contributed by atoms with E-state index in [4.69, 9.17) is 4.42 Å². The van der Waals surface area contributed by atoms with Gasteiger partial charge in [0.2, 0.25) is 5.16 Å². The van der Waals surface area contributed by atoms with E-state index in [1.54, 1.807) is 16.8 Å². The zero-order valence-corrected chi connectivity index (χ0v) is 15.5. The number of nitrogens with zero attached hydrogens (tertiary/aromatic N) is 4. The topological polar surface area (TPSA) is 94.0 Å². The maximum absolute atomic E-state index is 11.8. The Morgan fingerprint density at radius 3 is 2.81 bits per heavy atom. The molecule has 0 aliphatic carbocycles. The monoisotopic (exact) mass is 380 g/mol. The summed E-state index contributed by atoms with van der Waals surface area (Å²) < 4.78 is 6.86. The van der Waals surface area contributed by atoms with Crippen molar-refractivity contribution in [1.82, 2.24) is 20.2 Å². The minimum absolute atomic E-state index is 0.0502. The van der Waals surface area contributed by atoms with Gasteiger partial charge in [0, 0.05) is 23.3 Å². The summed E-state index contributed by atoms with van der Waals surface area (Å²) in [6.45, 7) is 4.05. The molecule has 2 aromatic carbocycles. The van der Waals surface area contributed by atoms with Crippen molar-refractivity contribution in [3.05, 3.63) is 69.6 Å². The molecule has 0 saturated carbocycles. The summed E-state index contributed by atoms with van der Waals surface area (Å²) in [6.07, 6.45) is 0. The number of aromatic hydroxyl groups is 1. The van der Waals surface area contributed by atoms with Crippen molar-refractivity contribution < 1.29 is 9.52 Å². The number of aryl methyl sites for hydroxylation is 2. The highest BCUT2D eigenvalue weighted by Crippen LogP contribution is 2.28. The lowest BCUT2D eigenvalue weighted by Crippen LogP contribution is -2.03. The number of rotatable bonds is 4. The van der Waals surface area contributed by atoms with Crippen molar-refractivity contribution in [3.63, 3.8) is 0 Å². The van der Waals surface area contributed by atoms with Crippen LogP contribution in [0.15, 0.2) is 56.8 Å². The molecule has 7 nitrogen and oxygen atoms in total. The quantitative estimate of drug-likeness (QED) is 0.428. The van der Waals surface area contributed by atoms with Crippen molar-refractivity contribution in [2.24, 2.45) is 0 Å². The molecule has 1 N–H and O–H groups in total. The van der Waals surface area contributed by atoms with Crippen LogP contribution in [0.4, 0.5) is 0 Å². The second kappa shape index (κ2) is 6.88. The molecule has 8 heteroatoms. The van der Waals surface area contributed by atoms with Crippen LogP contribution >= 0.6 is 11.8 Å². The van der Waals surface area contributed by atoms with Crippen molar-refractivity contribution >= 4 is 22.7 Å². The number of phenolic OH excluding ortho intramolecular Hbond substituents is 1. The predicted octanol–water partition coefficient (Wildman–Crippen LogP) is 3.38. The zero-order valence-electron chi connectivity index (χ0n) is 14.7. The van der Waals surface area contributed by atoms with Crippen molar-refractivity contribution in [3.8, 4) is 11.4 Å². The van der Waals surface area contributed by atoms with Crippen LogP contribution in [0.5, 0.6) is 5.75 Å². The van der Waals surface area contributed by atoms with E-state index in [1.165, 1.54) is 29.5 Å². The van der Waals surface area contributed by atoms with Gasteiger partial charge in [-0.2, -0.15) is 4.68 Å². The molecule has 4 aromatic rings. The van der Waals surface area contributed by atoms with Crippen LogP contribution in [-0.2, 0) is 5.75 Å². The first-order valence-corrected chi connectivity index (χ1v) is 9.24. The molecule has 0 aliphatic rings. The summed E-state index contributed by atoms with van der Waals surface area (Å²) >= 11 is 1.43. The summed E-state index contributed by atoms with van der Waals surface area (Å²) in [5, 5.41) is 23.0. The molecular formula is C19H16N4O3S. The van der Waals surface area contributed by atoms with Gasteiger partial charge in [0.05, 0.1) is 5.69 Å². The average molecular weight is 380 g/mol. The fourth-order valence-corrected chi connectivity index (χ4v) is 3.82. The van der Waals surface area contributed by atoms with Crippen LogP contribution in [0.1, 0.15) is 16.7 Å². The maximum Gasteiger partial charge on any atom is 0.336 e. The number of fused-ring (bicyclic) bond motifs is 1. The Kier molecular flexibility index (Phi) is 4.41. The Morgan fingerprint density at radius 2 is 2.00 bits per heavy atom. The third-order valence-electron chi connectivity index (χ3n) is 4.19. The first-order valence-electron chi connectivity index (χ1n) is 8.26. The molecule has 0 radical (unpaired) electrons. The van der Waals surface area contributed by atoms with Gasteiger partial charge in [0.1, 0.15) is 11.3 Å². The number of thioether (sulfide) groups is 1. The van der Waals surface area contributed by atoms with Gasteiger partial charge < -0.3 is 9.52 Å². The average Bonchev–Trinajstić information content (AvgIpc) is 3.07. The van der Waals surface area contributed by atoms with E-state index < -0.39 is 5.63 Å². The normalized spacial score (nSPS) is 11.2. The maximum atomic E-state index is 11.8. The summed E-state index contributed by atoms with van der Waals surface area (Å²) in [4.78, 5) is 11.8. The summed E-state index contributed by atoms with van der Waals surface area (Å²) in [5.41, 5.74) is 3.84. The van der Waals surface area contributed by atoms with Crippen molar-refractivity contribution in [2.75, 3.05) is 0 Å². The molecule has 27 heavy (non-hydrogen) atoms. The van der Waals surface area contributed by atoms with Gasteiger partial charge in [-0.1, -0.05) is 29.5 Å². The van der Waals surface area contributed by atoms with Gasteiger partial charge in [-0.3, -0.25) is 0 Å². The fraction of sp³-hybridized carbons (Fsp3) is 0.158. The smallest absolute Gasteiger partial charge is 0.336 e. The Hall–Kier alpha value is -3.13. The summed E-state index contributed by atoms with van der Waals surface area (Å²) in [6, 6.07) is 12.3. The van der Waals surface area contributed by atoms with Crippen LogP contribution in [0.25, 0.3) is 16.7 Å². The van der Waals surface area contributed by atoms with Crippen LogP contribution < -0.4 is 5.63 Å². The van der Waals surface area contributed by atoms with E-state index in [0.717, 1.165) is 22.2 Å². The molecule has 0 aliphatic heterocycles. The lowest BCUT2D eigenvalue weighted by Gasteiger charge is -2.09. The van der Waals surface area contributed by atoms with Gasteiger partial charge in [-0.15, -0.1) is 5.10 Å². The fourth-order valence-electron chi connectivity index (χ4n) is 2.94. The number of benzene rings is 2. The van der Waals surface area contributed by atoms with Crippen LogP contribution in [0.3, 0.4) is 0 Å². The van der Waals surface area contributed by atoms with E-state index in [-0.39, 0.29) is 5.75 Å². The molecule has 0 atom stereocenters. The van der Waals surface area contributed by atoms with Crippen LogP contribution in [0, 0.1) is 13.8 Å². The van der Waals surface area contributed by atoms with Crippen molar-refractivity contribution in [1.29, 1.82) is 0 Å². The van der Waals surface area contributed by atoms with Gasteiger partial charge >= 0.3 is 5.63 Å². The van der Waals surface area contributed by atoms with E-state index in [0.29, 0.717) is 16.5 Å². The Labute approximate surface area is 158 Å². The van der Waals surface area contributed by atoms with E-state index in [1.807, 2.05) is 26.0 Å². The lowest BCUT2D eigenvalue weighted by molar-refractivity contribution is 0.473. The molecule has 0 spiro atoms. The highest BCUT2D eigenvalue weighted by Gasteiger charge is 2.13. The third kappa shape index (κ3) is 3.43. The van der Waals surface area contributed by atoms with Gasteiger partial charge in [0.25, 0.3) is 0 Å². The predicted molar refractivity (Wildman–Crippen MR) is 102 cm³/mol. The Balaban J connectivity index is 1.67. The van der Waals surface area contributed by atoms with Crippen LogP contribution in [-0.4, -0.2) is 25.3 Å².